The van der Waals surface area contributed by atoms with Crippen LogP contribution in [-0.4, -0.2) is 17.5 Å². The fraction of sp³-hybridized carbons (Fsp3) is 0.273. The first kappa shape index (κ1) is 12.7. The van der Waals surface area contributed by atoms with Gasteiger partial charge in [-0.15, -0.1) is 0 Å². The molecule has 1 atom stereocenters. The second-order valence-electron chi connectivity index (χ2n) is 3.44. The molecular formula is C11H12BrNO3. The first-order valence-corrected chi connectivity index (χ1v) is 5.51. The highest BCUT2D eigenvalue weighted by molar-refractivity contribution is 9.10. The van der Waals surface area contributed by atoms with Crippen LogP contribution in [0.1, 0.15) is 23.6 Å². The van der Waals surface area contributed by atoms with E-state index >= 15 is 0 Å². The van der Waals surface area contributed by atoms with Crippen molar-refractivity contribution in [1.29, 1.82) is 0 Å². The molecule has 5 heteroatoms. The van der Waals surface area contributed by atoms with Gasteiger partial charge in [-0.1, -0.05) is 28.1 Å². The van der Waals surface area contributed by atoms with Crippen LogP contribution in [0.25, 0.3) is 0 Å². The van der Waals surface area contributed by atoms with Crippen molar-refractivity contribution in [1.82, 2.24) is 5.32 Å². The third kappa shape index (κ3) is 3.34. The SMILES string of the molecule is Cc1cc(C(CC(=O)O)NC=O)ccc1Br. The summed E-state index contributed by atoms with van der Waals surface area (Å²) in [7, 11) is 0. The quantitative estimate of drug-likeness (QED) is 0.814. The largest absolute Gasteiger partial charge is 0.481 e. The molecule has 0 bridgehead atoms. The minimum Gasteiger partial charge on any atom is -0.481 e. The summed E-state index contributed by atoms with van der Waals surface area (Å²) < 4.78 is 0.955. The number of halogens is 1. The molecule has 0 aliphatic rings. The number of carbonyl (C=O) groups excluding carboxylic acids is 1. The number of carboxylic acids is 1. The van der Waals surface area contributed by atoms with Gasteiger partial charge in [-0.05, 0) is 24.1 Å². The smallest absolute Gasteiger partial charge is 0.305 e. The number of hydrogen-bond acceptors (Lipinski definition) is 2. The summed E-state index contributed by atoms with van der Waals surface area (Å²) in [4.78, 5) is 21.1. The molecule has 0 saturated carbocycles. The summed E-state index contributed by atoms with van der Waals surface area (Å²) in [6.07, 6.45) is 0.394. The Labute approximate surface area is 102 Å². The first-order valence-electron chi connectivity index (χ1n) is 4.72. The van der Waals surface area contributed by atoms with E-state index in [2.05, 4.69) is 21.2 Å². The number of carboxylic acid groups (broad SMARTS) is 1. The molecule has 2 N–H and O–H groups in total. The standard InChI is InChI=1S/C11H12BrNO3/c1-7-4-8(2-3-9(7)12)10(13-6-14)5-11(15)16/h2-4,6,10H,5H2,1H3,(H,13,14)(H,15,16). The zero-order valence-corrected chi connectivity index (χ0v) is 10.3. The van der Waals surface area contributed by atoms with Gasteiger partial charge >= 0.3 is 5.97 Å². The van der Waals surface area contributed by atoms with Crippen molar-refractivity contribution < 1.29 is 14.7 Å². The van der Waals surface area contributed by atoms with E-state index in [1.165, 1.54) is 0 Å². The van der Waals surface area contributed by atoms with E-state index in [-0.39, 0.29) is 6.42 Å². The van der Waals surface area contributed by atoms with E-state index in [9.17, 15) is 9.59 Å². The third-order valence-corrected chi connectivity index (χ3v) is 3.12. The highest BCUT2D eigenvalue weighted by atomic mass is 79.9. The average molecular weight is 286 g/mol. The minimum atomic E-state index is -0.945. The Morgan fingerprint density at radius 1 is 1.62 bits per heavy atom. The van der Waals surface area contributed by atoms with Gasteiger partial charge in [0.1, 0.15) is 0 Å². The number of benzene rings is 1. The van der Waals surface area contributed by atoms with Gasteiger partial charge in [0.25, 0.3) is 0 Å². The normalized spacial score (nSPS) is 11.9. The van der Waals surface area contributed by atoms with Gasteiger partial charge < -0.3 is 10.4 Å². The Balaban J connectivity index is 2.95. The molecule has 0 fully saturated rings. The Bertz CT molecular complexity index is 406. The lowest BCUT2D eigenvalue weighted by molar-refractivity contribution is -0.137. The van der Waals surface area contributed by atoms with Crippen molar-refractivity contribution in [3.05, 3.63) is 33.8 Å². The van der Waals surface area contributed by atoms with Crippen LogP contribution in [0.4, 0.5) is 0 Å². The molecule has 86 valence electrons. The number of aryl methyl sites for hydroxylation is 1. The topological polar surface area (TPSA) is 66.4 Å². The summed E-state index contributed by atoms with van der Waals surface area (Å²) in [5, 5.41) is 11.2. The number of amides is 1. The number of carbonyl (C=O) groups is 2. The fourth-order valence-electron chi connectivity index (χ4n) is 1.41. The molecule has 1 unspecified atom stereocenters. The van der Waals surface area contributed by atoms with E-state index in [0.717, 1.165) is 15.6 Å². The predicted octanol–water partition coefficient (Wildman–Crippen LogP) is 2.02. The van der Waals surface area contributed by atoms with Gasteiger partial charge in [-0.25, -0.2) is 0 Å². The Morgan fingerprint density at radius 2 is 2.31 bits per heavy atom. The number of hydrogen-bond donors (Lipinski definition) is 2. The average Bonchev–Trinajstić information content (AvgIpc) is 2.21. The summed E-state index contributed by atoms with van der Waals surface area (Å²) in [5.41, 5.74) is 1.79. The molecule has 1 amide bonds. The molecule has 0 saturated heterocycles. The van der Waals surface area contributed by atoms with Crippen molar-refractivity contribution in [2.24, 2.45) is 0 Å². The van der Waals surface area contributed by atoms with Gasteiger partial charge in [-0.2, -0.15) is 0 Å². The van der Waals surface area contributed by atoms with Crippen molar-refractivity contribution in [3.63, 3.8) is 0 Å². The highest BCUT2D eigenvalue weighted by Crippen LogP contribution is 2.22. The molecule has 0 aromatic heterocycles. The molecule has 0 spiro atoms. The molecular weight excluding hydrogens is 274 g/mol. The number of rotatable bonds is 5. The van der Waals surface area contributed by atoms with Gasteiger partial charge in [0.2, 0.25) is 6.41 Å². The first-order chi connectivity index (χ1) is 7.54. The van der Waals surface area contributed by atoms with Crippen molar-refractivity contribution in [2.45, 2.75) is 19.4 Å². The Kier molecular flexibility index (Phi) is 4.49. The van der Waals surface area contributed by atoms with Crippen LogP contribution < -0.4 is 5.32 Å². The van der Waals surface area contributed by atoms with E-state index in [4.69, 9.17) is 5.11 Å². The molecule has 1 aromatic carbocycles. The fourth-order valence-corrected chi connectivity index (χ4v) is 1.66. The molecule has 4 nitrogen and oxygen atoms in total. The highest BCUT2D eigenvalue weighted by Gasteiger charge is 2.15. The van der Waals surface area contributed by atoms with Crippen LogP contribution in [0.15, 0.2) is 22.7 Å². The van der Waals surface area contributed by atoms with Gasteiger partial charge in [-0.3, -0.25) is 9.59 Å². The molecule has 0 aliphatic carbocycles. The van der Waals surface area contributed by atoms with E-state index in [0.29, 0.717) is 6.41 Å². The lowest BCUT2D eigenvalue weighted by Gasteiger charge is -2.15. The summed E-state index contributed by atoms with van der Waals surface area (Å²) in [6.45, 7) is 1.91. The number of aliphatic carboxylic acids is 1. The molecule has 0 aliphatic heterocycles. The molecule has 1 aromatic rings. The van der Waals surface area contributed by atoms with Crippen LogP contribution in [0.3, 0.4) is 0 Å². The molecule has 1 rings (SSSR count). The van der Waals surface area contributed by atoms with Crippen molar-refractivity contribution >= 4 is 28.3 Å². The maximum Gasteiger partial charge on any atom is 0.305 e. The Morgan fingerprint density at radius 3 is 2.81 bits per heavy atom. The zero-order valence-electron chi connectivity index (χ0n) is 8.74. The monoisotopic (exact) mass is 285 g/mol. The molecule has 0 heterocycles. The maximum absolute atomic E-state index is 10.6. The van der Waals surface area contributed by atoms with Gasteiger partial charge in [0.15, 0.2) is 0 Å². The van der Waals surface area contributed by atoms with Crippen LogP contribution in [0.5, 0.6) is 0 Å². The van der Waals surface area contributed by atoms with Crippen LogP contribution in [0.2, 0.25) is 0 Å². The van der Waals surface area contributed by atoms with Crippen molar-refractivity contribution in [2.75, 3.05) is 0 Å². The summed E-state index contributed by atoms with van der Waals surface area (Å²) in [6, 6.07) is 5.00. The number of nitrogens with one attached hydrogen (secondary N) is 1. The van der Waals surface area contributed by atoms with Crippen LogP contribution in [-0.2, 0) is 9.59 Å². The lowest BCUT2D eigenvalue weighted by atomic mass is 10.0. The second kappa shape index (κ2) is 5.65. The maximum atomic E-state index is 10.6. The summed E-state index contributed by atoms with van der Waals surface area (Å²) in [5.74, 6) is -0.945. The van der Waals surface area contributed by atoms with E-state index in [1.807, 2.05) is 19.1 Å². The third-order valence-electron chi connectivity index (χ3n) is 2.23. The minimum absolute atomic E-state index is 0.125. The van der Waals surface area contributed by atoms with Crippen molar-refractivity contribution in [3.8, 4) is 0 Å². The Hall–Kier alpha value is -1.36. The molecule has 16 heavy (non-hydrogen) atoms. The lowest BCUT2D eigenvalue weighted by Crippen LogP contribution is -2.22. The summed E-state index contributed by atoms with van der Waals surface area (Å²) >= 11 is 3.36. The van der Waals surface area contributed by atoms with E-state index in [1.54, 1.807) is 6.07 Å². The molecule has 0 radical (unpaired) electrons. The van der Waals surface area contributed by atoms with Crippen LogP contribution >= 0.6 is 15.9 Å². The zero-order chi connectivity index (χ0) is 12.1. The van der Waals surface area contributed by atoms with Gasteiger partial charge in [0.05, 0.1) is 12.5 Å². The van der Waals surface area contributed by atoms with Gasteiger partial charge in [0, 0.05) is 4.47 Å². The van der Waals surface area contributed by atoms with Crippen LogP contribution in [0, 0.1) is 6.92 Å². The predicted molar refractivity (Wildman–Crippen MR) is 63.1 cm³/mol. The second-order valence-corrected chi connectivity index (χ2v) is 4.30. The van der Waals surface area contributed by atoms with E-state index < -0.39 is 12.0 Å².